The van der Waals surface area contributed by atoms with Gasteiger partial charge in [0, 0.05) is 6.04 Å². The van der Waals surface area contributed by atoms with Crippen molar-refractivity contribution in [3.05, 3.63) is 0 Å². The molecule has 0 radical (unpaired) electrons. The van der Waals surface area contributed by atoms with Gasteiger partial charge in [-0.2, -0.15) is 0 Å². The zero-order chi connectivity index (χ0) is 13.0. The van der Waals surface area contributed by atoms with Gasteiger partial charge in [-0.15, -0.1) is 0 Å². The van der Waals surface area contributed by atoms with Crippen molar-refractivity contribution in [3.8, 4) is 0 Å². The van der Waals surface area contributed by atoms with Gasteiger partial charge < -0.3 is 20.5 Å². The van der Waals surface area contributed by atoms with E-state index in [4.69, 9.17) is 10.5 Å². The van der Waals surface area contributed by atoms with Crippen LogP contribution in [0.15, 0.2) is 0 Å². The zero-order valence-corrected chi connectivity index (χ0v) is 10.4. The number of hydrogen-bond acceptors (Lipinski definition) is 5. The highest BCUT2D eigenvalue weighted by Gasteiger charge is 2.34. The van der Waals surface area contributed by atoms with E-state index in [1.165, 1.54) is 7.11 Å². The molecule has 0 aromatic carbocycles. The first kappa shape index (κ1) is 13.9. The van der Waals surface area contributed by atoms with E-state index in [2.05, 4.69) is 10.1 Å². The van der Waals surface area contributed by atoms with Gasteiger partial charge in [0.1, 0.15) is 6.04 Å². The molecule has 0 saturated carbocycles. The lowest BCUT2D eigenvalue weighted by atomic mass is 10.00. The molecule has 0 bridgehead atoms. The minimum Gasteiger partial charge on any atom is -0.467 e. The van der Waals surface area contributed by atoms with Crippen molar-refractivity contribution >= 4 is 11.9 Å². The fourth-order valence-electron chi connectivity index (χ4n) is 1.73. The number of rotatable bonds is 4. The molecule has 3 atom stereocenters. The monoisotopic (exact) mass is 244 g/mol. The maximum atomic E-state index is 11.9. The highest BCUT2D eigenvalue weighted by molar-refractivity contribution is 5.86. The minimum atomic E-state index is -0.639. The van der Waals surface area contributed by atoms with Gasteiger partial charge in [0.05, 0.1) is 26.2 Å². The van der Waals surface area contributed by atoms with Crippen LogP contribution in [0.2, 0.25) is 0 Å². The topological polar surface area (TPSA) is 90.6 Å². The van der Waals surface area contributed by atoms with Crippen LogP contribution >= 0.6 is 0 Å². The van der Waals surface area contributed by atoms with Crippen LogP contribution in [0.1, 0.15) is 13.8 Å². The number of carbonyl (C=O) groups is 2. The number of nitrogens with two attached hydrogens (primary N) is 1. The largest absolute Gasteiger partial charge is 0.467 e. The average Bonchev–Trinajstić information content (AvgIpc) is 2.70. The number of amides is 1. The summed E-state index contributed by atoms with van der Waals surface area (Å²) in [6.45, 7) is 4.36. The molecular formula is C11H20N2O4. The van der Waals surface area contributed by atoms with Crippen LogP contribution in [-0.4, -0.2) is 44.3 Å². The van der Waals surface area contributed by atoms with Crippen molar-refractivity contribution in [1.29, 1.82) is 0 Å². The molecule has 1 fully saturated rings. The van der Waals surface area contributed by atoms with E-state index in [1.54, 1.807) is 0 Å². The van der Waals surface area contributed by atoms with Gasteiger partial charge in [0.15, 0.2) is 0 Å². The molecule has 3 unspecified atom stereocenters. The molecule has 1 amide bonds. The first-order chi connectivity index (χ1) is 7.97. The Kier molecular flexibility index (Phi) is 4.89. The number of esters is 1. The Bertz CT molecular complexity index is 293. The Morgan fingerprint density at radius 1 is 1.41 bits per heavy atom. The first-order valence-electron chi connectivity index (χ1n) is 5.69. The summed E-state index contributed by atoms with van der Waals surface area (Å²) in [5, 5.41) is 2.67. The zero-order valence-electron chi connectivity index (χ0n) is 10.4. The maximum Gasteiger partial charge on any atom is 0.328 e. The molecule has 1 rings (SSSR count). The standard InChI is InChI=1S/C11H20N2O4/c1-6(2)9(11(15)16-3)13-10(14)7-4-17-5-8(7)12/h6-9H,4-5,12H2,1-3H3,(H,13,14). The van der Waals surface area contributed by atoms with Crippen molar-refractivity contribution in [3.63, 3.8) is 0 Å². The molecule has 0 aromatic heterocycles. The fourth-order valence-corrected chi connectivity index (χ4v) is 1.73. The van der Waals surface area contributed by atoms with E-state index in [0.717, 1.165) is 0 Å². The van der Waals surface area contributed by atoms with Crippen LogP contribution in [-0.2, 0) is 19.1 Å². The van der Waals surface area contributed by atoms with Crippen molar-refractivity contribution in [1.82, 2.24) is 5.32 Å². The van der Waals surface area contributed by atoms with Crippen LogP contribution in [0.4, 0.5) is 0 Å². The number of nitrogens with one attached hydrogen (secondary N) is 1. The second-order valence-corrected chi connectivity index (χ2v) is 4.56. The molecule has 6 nitrogen and oxygen atoms in total. The van der Waals surface area contributed by atoms with Crippen molar-refractivity contribution in [2.75, 3.05) is 20.3 Å². The third-order valence-electron chi connectivity index (χ3n) is 2.88. The SMILES string of the molecule is COC(=O)C(NC(=O)C1COCC1N)C(C)C. The summed E-state index contributed by atoms with van der Waals surface area (Å²) in [6.07, 6.45) is 0. The fraction of sp³-hybridized carbons (Fsp3) is 0.818. The first-order valence-corrected chi connectivity index (χ1v) is 5.69. The molecule has 1 heterocycles. The van der Waals surface area contributed by atoms with E-state index in [1.807, 2.05) is 13.8 Å². The summed E-state index contributed by atoms with van der Waals surface area (Å²) in [4.78, 5) is 23.4. The van der Waals surface area contributed by atoms with E-state index in [-0.39, 0.29) is 23.8 Å². The summed E-state index contributed by atoms with van der Waals surface area (Å²) >= 11 is 0. The van der Waals surface area contributed by atoms with E-state index in [9.17, 15) is 9.59 Å². The van der Waals surface area contributed by atoms with Crippen LogP contribution < -0.4 is 11.1 Å². The van der Waals surface area contributed by atoms with Gasteiger partial charge in [-0.25, -0.2) is 4.79 Å². The Labute approximate surface area is 101 Å². The number of hydrogen-bond donors (Lipinski definition) is 2. The van der Waals surface area contributed by atoms with Crippen LogP contribution in [0.3, 0.4) is 0 Å². The molecule has 6 heteroatoms. The van der Waals surface area contributed by atoms with Crippen molar-refractivity contribution < 1.29 is 19.1 Å². The minimum absolute atomic E-state index is 0.0371. The Hall–Kier alpha value is -1.14. The summed E-state index contributed by atoms with van der Waals surface area (Å²) in [5.41, 5.74) is 5.74. The molecule has 0 spiro atoms. The van der Waals surface area contributed by atoms with E-state index < -0.39 is 12.0 Å². The smallest absolute Gasteiger partial charge is 0.328 e. The van der Waals surface area contributed by atoms with Crippen LogP contribution in [0.5, 0.6) is 0 Å². The lowest BCUT2D eigenvalue weighted by Crippen LogP contribution is -2.50. The summed E-state index contributed by atoms with van der Waals surface area (Å²) < 4.78 is 9.77. The highest BCUT2D eigenvalue weighted by atomic mass is 16.5. The quantitative estimate of drug-likeness (QED) is 0.636. The molecule has 3 N–H and O–H groups in total. The summed E-state index contributed by atoms with van der Waals surface area (Å²) in [6, 6.07) is -0.944. The molecular weight excluding hydrogens is 224 g/mol. The number of methoxy groups -OCH3 is 1. The van der Waals surface area contributed by atoms with Gasteiger partial charge in [-0.05, 0) is 5.92 Å². The molecule has 17 heavy (non-hydrogen) atoms. The van der Waals surface area contributed by atoms with Crippen LogP contribution in [0.25, 0.3) is 0 Å². The predicted molar refractivity (Wildman–Crippen MR) is 61.1 cm³/mol. The molecule has 98 valence electrons. The number of ether oxygens (including phenoxy) is 2. The van der Waals surface area contributed by atoms with Gasteiger partial charge >= 0.3 is 5.97 Å². The maximum absolute atomic E-state index is 11.9. The highest BCUT2D eigenvalue weighted by Crippen LogP contribution is 2.13. The summed E-state index contributed by atoms with van der Waals surface area (Å²) in [7, 11) is 1.30. The molecule has 0 aromatic rings. The summed E-state index contributed by atoms with van der Waals surface area (Å²) in [5.74, 6) is -1.12. The van der Waals surface area contributed by atoms with Gasteiger partial charge in [0.25, 0.3) is 0 Å². The molecule has 1 aliphatic heterocycles. The Balaban J connectivity index is 2.61. The lowest BCUT2D eigenvalue weighted by molar-refractivity contribution is -0.147. The van der Waals surface area contributed by atoms with Gasteiger partial charge in [0.2, 0.25) is 5.91 Å². The Morgan fingerprint density at radius 2 is 2.06 bits per heavy atom. The Morgan fingerprint density at radius 3 is 2.47 bits per heavy atom. The van der Waals surface area contributed by atoms with E-state index >= 15 is 0 Å². The number of carbonyl (C=O) groups excluding carboxylic acids is 2. The van der Waals surface area contributed by atoms with Gasteiger partial charge in [-0.1, -0.05) is 13.8 Å². The molecule has 1 aliphatic rings. The predicted octanol–water partition coefficient (Wildman–Crippen LogP) is -0.726. The van der Waals surface area contributed by atoms with Crippen LogP contribution in [0, 0.1) is 11.8 Å². The van der Waals surface area contributed by atoms with E-state index in [0.29, 0.717) is 13.2 Å². The second kappa shape index (κ2) is 5.97. The second-order valence-electron chi connectivity index (χ2n) is 4.56. The normalized spacial score (nSPS) is 25.7. The third-order valence-corrected chi connectivity index (χ3v) is 2.88. The third kappa shape index (κ3) is 3.41. The van der Waals surface area contributed by atoms with Gasteiger partial charge in [-0.3, -0.25) is 4.79 Å². The van der Waals surface area contributed by atoms with Crippen molar-refractivity contribution in [2.45, 2.75) is 25.9 Å². The molecule has 1 saturated heterocycles. The lowest BCUT2D eigenvalue weighted by Gasteiger charge is -2.22. The average molecular weight is 244 g/mol. The van der Waals surface area contributed by atoms with Crippen molar-refractivity contribution in [2.24, 2.45) is 17.6 Å². The molecule has 0 aliphatic carbocycles.